The molecular formula is C14H10Cl. The van der Waals surface area contributed by atoms with Crippen LogP contribution in [0.4, 0.5) is 0 Å². The first kappa shape index (κ1) is 10.0. The average molecular weight is 214 g/mol. The van der Waals surface area contributed by atoms with Gasteiger partial charge in [-0.2, -0.15) is 0 Å². The second-order valence-corrected chi connectivity index (χ2v) is 3.65. The highest BCUT2D eigenvalue weighted by molar-refractivity contribution is 6.30. The average Bonchev–Trinajstić information content (AvgIpc) is 2.30. The van der Waals surface area contributed by atoms with E-state index in [1.807, 2.05) is 48.5 Å². The molecule has 0 spiro atoms. The Morgan fingerprint density at radius 2 is 1.33 bits per heavy atom. The first-order valence-corrected chi connectivity index (χ1v) is 5.12. The van der Waals surface area contributed by atoms with E-state index in [1.54, 1.807) is 0 Å². The molecule has 0 amide bonds. The van der Waals surface area contributed by atoms with Crippen LogP contribution in [-0.2, 0) is 0 Å². The summed E-state index contributed by atoms with van der Waals surface area (Å²) >= 11 is 5.80. The standard InChI is InChI=1S/C14H10Cl/c15-14-10-8-13(9-11-14)7-6-12-4-2-1-3-5-12/h2-11H/b7-6+. The smallest absolute Gasteiger partial charge is 0.0406 e. The van der Waals surface area contributed by atoms with Crippen molar-refractivity contribution in [3.8, 4) is 0 Å². The van der Waals surface area contributed by atoms with Gasteiger partial charge in [0, 0.05) is 5.02 Å². The van der Waals surface area contributed by atoms with Crippen molar-refractivity contribution >= 4 is 23.8 Å². The van der Waals surface area contributed by atoms with Crippen LogP contribution in [0.3, 0.4) is 0 Å². The van der Waals surface area contributed by atoms with Gasteiger partial charge in [0.2, 0.25) is 0 Å². The van der Waals surface area contributed by atoms with E-state index in [4.69, 9.17) is 11.6 Å². The molecule has 73 valence electrons. The Kier molecular flexibility index (Phi) is 3.21. The molecule has 0 fully saturated rings. The molecular weight excluding hydrogens is 204 g/mol. The fourth-order valence-corrected chi connectivity index (χ4v) is 1.40. The first-order valence-electron chi connectivity index (χ1n) is 4.74. The molecule has 0 saturated heterocycles. The van der Waals surface area contributed by atoms with Crippen molar-refractivity contribution in [2.75, 3.05) is 0 Å². The summed E-state index contributed by atoms with van der Waals surface area (Å²) in [7, 11) is 0. The Bertz CT molecular complexity index is 441. The van der Waals surface area contributed by atoms with E-state index < -0.39 is 0 Å². The molecule has 0 saturated carbocycles. The zero-order valence-electron chi connectivity index (χ0n) is 8.15. The predicted octanol–water partition coefficient (Wildman–Crippen LogP) is 4.31. The number of rotatable bonds is 2. The molecule has 0 aliphatic carbocycles. The number of hydrogen-bond donors (Lipinski definition) is 0. The van der Waals surface area contributed by atoms with Crippen LogP contribution in [0.5, 0.6) is 0 Å². The summed E-state index contributed by atoms with van der Waals surface area (Å²) in [5.41, 5.74) is 2.32. The van der Waals surface area contributed by atoms with Crippen LogP contribution < -0.4 is 0 Å². The van der Waals surface area contributed by atoms with Crippen molar-refractivity contribution in [2.24, 2.45) is 0 Å². The van der Waals surface area contributed by atoms with Gasteiger partial charge in [0.1, 0.15) is 0 Å². The molecule has 0 aliphatic heterocycles. The molecule has 1 heteroatoms. The van der Waals surface area contributed by atoms with Gasteiger partial charge in [0.15, 0.2) is 0 Å². The van der Waals surface area contributed by atoms with Crippen molar-refractivity contribution in [3.63, 3.8) is 0 Å². The predicted molar refractivity (Wildman–Crippen MR) is 65.7 cm³/mol. The summed E-state index contributed by atoms with van der Waals surface area (Å²) < 4.78 is 0. The largest absolute Gasteiger partial charge is 0.0843 e. The molecule has 2 aromatic rings. The second-order valence-electron chi connectivity index (χ2n) is 3.22. The van der Waals surface area contributed by atoms with E-state index in [0.717, 1.165) is 10.6 Å². The van der Waals surface area contributed by atoms with E-state index in [2.05, 4.69) is 18.2 Å². The van der Waals surface area contributed by atoms with Gasteiger partial charge in [0.25, 0.3) is 0 Å². The highest BCUT2D eigenvalue weighted by Crippen LogP contribution is 2.12. The van der Waals surface area contributed by atoms with Gasteiger partial charge in [0.05, 0.1) is 0 Å². The van der Waals surface area contributed by atoms with Crippen molar-refractivity contribution in [1.82, 2.24) is 0 Å². The van der Waals surface area contributed by atoms with Crippen molar-refractivity contribution in [1.29, 1.82) is 0 Å². The van der Waals surface area contributed by atoms with Crippen LogP contribution >= 0.6 is 11.6 Å². The zero-order valence-corrected chi connectivity index (χ0v) is 8.91. The summed E-state index contributed by atoms with van der Waals surface area (Å²) in [6.45, 7) is 0. The molecule has 2 rings (SSSR count). The highest BCUT2D eigenvalue weighted by atomic mass is 35.5. The third-order valence-electron chi connectivity index (χ3n) is 2.08. The van der Waals surface area contributed by atoms with E-state index in [1.165, 1.54) is 5.56 Å². The van der Waals surface area contributed by atoms with Gasteiger partial charge < -0.3 is 0 Å². The fraction of sp³-hybridized carbons (Fsp3) is 0. The number of benzene rings is 2. The Labute approximate surface area is 94.8 Å². The quantitative estimate of drug-likeness (QED) is 0.652. The van der Waals surface area contributed by atoms with Gasteiger partial charge in [-0.3, -0.25) is 0 Å². The molecule has 0 unspecified atom stereocenters. The van der Waals surface area contributed by atoms with Gasteiger partial charge in [-0.15, -0.1) is 0 Å². The monoisotopic (exact) mass is 213 g/mol. The summed E-state index contributed by atoms with van der Waals surface area (Å²) in [5, 5.41) is 0.765. The van der Waals surface area contributed by atoms with E-state index in [0.29, 0.717) is 0 Å². The third kappa shape index (κ3) is 2.97. The maximum Gasteiger partial charge on any atom is 0.0406 e. The van der Waals surface area contributed by atoms with E-state index in [9.17, 15) is 0 Å². The van der Waals surface area contributed by atoms with Gasteiger partial charge in [-0.1, -0.05) is 60.2 Å². The van der Waals surface area contributed by atoms with Crippen LogP contribution in [0.15, 0.2) is 48.5 Å². The molecule has 0 bridgehead atoms. The van der Waals surface area contributed by atoms with Crippen LogP contribution in [-0.4, -0.2) is 0 Å². The lowest BCUT2D eigenvalue weighted by molar-refractivity contribution is 1.64. The van der Waals surface area contributed by atoms with Crippen LogP contribution in [0.25, 0.3) is 12.2 Å². The van der Waals surface area contributed by atoms with Gasteiger partial charge >= 0.3 is 0 Å². The zero-order chi connectivity index (χ0) is 10.5. The summed E-state index contributed by atoms with van der Waals surface area (Å²) in [5.74, 6) is 0. The Hall–Kier alpha value is -1.53. The lowest BCUT2D eigenvalue weighted by Gasteiger charge is -1.94. The lowest BCUT2D eigenvalue weighted by atomic mass is 10.1. The summed E-state index contributed by atoms with van der Waals surface area (Å²) in [6.07, 6.45) is 4.13. The number of halogens is 1. The minimum Gasteiger partial charge on any atom is -0.0843 e. The molecule has 0 nitrogen and oxygen atoms in total. The third-order valence-corrected chi connectivity index (χ3v) is 2.33. The topological polar surface area (TPSA) is 0 Å². The van der Waals surface area contributed by atoms with E-state index in [-0.39, 0.29) is 0 Å². The fourth-order valence-electron chi connectivity index (χ4n) is 1.28. The van der Waals surface area contributed by atoms with Crippen molar-refractivity contribution in [3.05, 3.63) is 70.7 Å². The Morgan fingerprint density at radius 1 is 0.800 bits per heavy atom. The van der Waals surface area contributed by atoms with Crippen LogP contribution in [0.2, 0.25) is 5.02 Å². The molecule has 0 N–H and O–H groups in total. The normalized spacial score (nSPS) is 10.7. The van der Waals surface area contributed by atoms with E-state index >= 15 is 0 Å². The Morgan fingerprint density at radius 3 is 1.93 bits per heavy atom. The Balaban J connectivity index is 2.15. The maximum atomic E-state index is 5.80. The summed E-state index contributed by atoms with van der Waals surface area (Å²) in [6, 6.07) is 18.6. The SMILES string of the molecule is Clc1ccc(/C=C/c2cc[c]cc2)cc1. The minimum atomic E-state index is 0.765. The van der Waals surface area contributed by atoms with Gasteiger partial charge in [-0.05, 0) is 29.3 Å². The van der Waals surface area contributed by atoms with Crippen molar-refractivity contribution < 1.29 is 0 Å². The summed E-state index contributed by atoms with van der Waals surface area (Å²) in [4.78, 5) is 0. The first-order chi connectivity index (χ1) is 7.34. The van der Waals surface area contributed by atoms with Crippen LogP contribution in [0, 0.1) is 6.07 Å². The highest BCUT2D eigenvalue weighted by Gasteiger charge is 1.88. The molecule has 1 radical (unpaired) electrons. The number of hydrogen-bond acceptors (Lipinski definition) is 0. The molecule has 0 heterocycles. The molecule has 2 aromatic carbocycles. The minimum absolute atomic E-state index is 0.765. The molecule has 0 aromatic heterocycles. The second kappa shape index (κ2) is 4.81. The lowest BCUT2D eigenvalue weighted by Crippen LogP contribution is -1.72. The maximum absolute atomic E-state index is 5.80. The van der Waals surface area contributed by atoms with Gasteiger partial charge in [-0.25, -0.2) is 0 Å². The molecule has 0 atom stereocenters. The molecule has 15 heavy (non-hydrogen) atoms. The molecule has 0 aliphatic rings. The van der Waals surface area contributed by atoms with Crippen LogP contribution in [0.1, 0.15) is 11.1 Å². The van der Waals surface area contributed by atoms with Crippen molar-refractivity contribution in [2.45, 2.75) is 0 Å².